The highest BCUT2D eigenvalue weighted by molar-refractivity contribution is 5.20. The normalized spacial score (nSPS) is 27.0. The second-order valence-electron chi connectivity index (χ2n) is 3.88. The van der Waals surface area contributed by atoms with Gasteiger partial charge in [0, 0.05) is 24.9 Å². The molecule has 2 nitrogen and oxygen atoms in total. The molecule has 0 saturated carbocycles. The minimum atomic E-state index is -2.36. The Morgan fingerprint density at radius 2 is 2.27 bits per heavy atom. The molecule has 0 aromatic carbocycles. The van der Waals surface area contributed by atoms with Crippen LogP contribution >= 0.6 is 0 Å². The number of alkyl halides is 2. The van der Waals surface area contributed by atoms with Crippen molar-refractivity contribution in [1.29, 1.82) is 0 Å². The third-order valence-electron chi connectivity index (χ3n) is 2.76. The molecule has 84 valence electrons. The molecule has 2 aliphatic heterocycles. The van der Waals surface area contributed by atoms with Crippen molar-refractivity contribution in [2.75, 3.05) is 13.2 Å². The Labute approximate surface area is 88.2 Å². The van der Waals surface area contributed by atoms with Crippen LogP contribution in [0.25, 0.3) is 0 Å². The molecule has 0 aromatic rings. The van der Waals surface area contributed by atoms with Crippen LogP contribution in [-0.4, -0.2) is 30.7 Å². The van der Waals surface area contributed by atoms with E-state index in [-0.39, 0.29) is 11.8 Å². The standard InChI is InChI=1S/C11H15F2NO/c12-11(13)9-4-3-6-14(8-9)10-5-1-2-7-15-10/h3-4,6,10-11H,1-2,5,7-8H2. The molecule has 0 bridgehead atoms. The monoisotopic (exact) mass is 215 g/mol. The fraction of sp³-hybridized carbons (Fsp3) is 0.636. The van der Waals surface area contributed by atoms with Crippen LogP contribution in [0.3, 0.4) is 0 Å². The molecule has 2 rings (SSSR count). The zero-order valence-corrected chi connectivity index (χ0v) is 8.53. The van der Waals surface area contributed by atoms with Crippen molar-refractivity contribution in [2.24, 2.45) is 0 Å². The second kappa shape index (κ2) is 4.75. The molecule has 4 heteroatoms. The fourth-order valence-electron chi connectivity index (χ4n) is 1.92. The van der Waals surface area contributed by atoms with E-state index in [0.717, 1.165) is 25.9 Å². The van der Waals surface area contributed by atoms with Gasteiger partial charge in [-0.25, -0.2) is 8.78 Å². The minimum Gasteiger partial charge on any atom is -0.358 e. The second-order valence-corrected chi connectivity index (χ2v) is 3.88. The maximum Gasteiger partial charge on any atom is 0.261 e. The Kier molecular flexibility index (Phi) is 3.36. The number of nitrogens with zero attached hydrogens (tertiary/aromatic N) is 1. The van der Waals surface area contributed by atoms with Gasteiger partial charge in [0.15, 0.2) is 0 Å². The molecule has 1 fully saturated rings. The Balaban J connectivity index is 1.95. The van der Waals surface area contributed by atoms with Crippen molar-refractivity contribution in [1.82, 2.24) is 4.90 Å². The summed E-state index contributed by atoms with van der Waals surface area (Å²) in [5.41, 5.74) is 0.173. The number of ether oxygens (including phenoxy) is 1. The summed E-state index contributed by atoms with van der Waals surface area (Å²) in [5, 5.41) is 0. The summed E-state index contributed by atoms with van der Waals surface area (Å²) in [7, 11) is 0. The van der Waals surface area contributed by atoms with Gasteiger partial charge in [-0.1, -0.05) is 6.08 Å². The van der Waals surface area contributed by atoms with Gasteiger partial charge in [0.2, 0.25) is 0 Å². The van der Waals surface area contributed by atoms with Crippen LogP contribution in [0.4, 0.5) is 8.78 Å². The molecule has 2 aliphatic rings. The van der Waals surface area contributed by atoms with Crippen LogP contribution in [0.15, 0.2) is 23.9 Å². The fourth-order valence-corrected chi connectivity index (χ4v) is 1.92. The molecule has 1 saturated heterocycles. The smallest absolute Gasteiger partial charge is 0.261 e. The molecule has 1 atom stereocenters. The number of hydrogen-bond donors (Lipinski definition) is 0. The molecule has 0 radical (unpaired) electrons. The third-order valence-corrected chi connectivity index (χ3v) is 2.76. The Hall–Kier alpha value is -0.900. The Morgan fingerprint density at radius 1 is 1.40 bits per heavy atom. The van der Waals surface area contributed by atoms with Gasteiger partial charge in [0.25, 0.3) is 6.43 Å². The van der Waals surface area contributed by atoms with E-state index in [1.54, 1.807) is 6.08 Å². The first-order valence-electron chi connectivity index (χ1n) is 5.30. The van der Waals surface area contributed by atoms with Gasteiger partial charge >= 0.3 is 0 Å². The summed E-state index contributed by atoms with van der Waals surface area (Å²) in [5.74, 6) is 0. The predicted molar refractivity (Wildman–Crippen MR) is 53.5 cm³/mol. The molecule has 0 amide bonds. The first-order valence-corrected chi connectivity index (χ1v) is 5.30. The van der Waals surface area contributed by atoms with Crippen molar-refractivity contribution in [3.8, 4) is 0 Å². The maximum absolute atomic E-state index is 12.5. The maximum atomic E-state index is 12.5. The van der Waals surface area contributed by atoms with E-state index in [2.05, 4.69) is 0 Å². The van der Waals surface area contributed by atoms with E-state index in [1.165, 1.54) is 6.08 Å². The zero-order chi connectivity index (χ0) is 10.7. The van der Waals surface area contributed by atoms with E-state index < -0.39 is 6.43 Å². The summed E-state index contributed by atoms with van der Waals surface area (Å²) in [6.45, 7) is 1.03. The van der Waals surface area contributed by atoms with Crippen molar-refractivity contribution in [2.45, 2.75) is 31.9 Å². The lowest BCUT2D eigenvalue weighted by molar-refractivity contribution is -0.0644. The average Bonchev–Trinajstić information content (AvgIpc) is 2.30. The lowest BCUT2D eigenvalue weighted by Gasteiger charge is -2.35. The molecule has 1 unspecified atom stereocenters. The van der Waals surface area contributed by atoms with Gasteiger partial charge in [-0.3, -0.25) is 0 Å². The third kappa shape index (κ3) is 2.56. The largest absolute Gasteiger partial charge is 0.358 e. The first kappa shape index (κ1) is 10.6. The SMILES string of the molecule is FC(F)C1=CC=CN(C2CCCCO2)C1. The summed E-state index contributed by atoms with van der Waals surface area (Å²) in [6, 6.07) is 0. The van der Waals surface area contributed by atoms with Gasteiger partial charge in [0.1, 0.15) is 6.23 Å². The van der Waals surface area contributed by atoms with E-state index >= 15 is 0 Å². The van der Waals surface area contributed by atoms with Crippen molar-refractivity contribution >= 4 is 0 Å². The van der Waals surface area contributed by atoms with E-state index in [9.17, 15) is 8.78 Å². The van der Waals surface area contributed by atoms with Crippen LogP contribution in [-0.2, 0) is 4.74 Å². The van der Waals surface area contributed by atoms with E-state index in [1.807, 2.05) is 11.1 Å². The van der Waals surface area contributed by atoms with Crippen molar-refractivity contribution in [3.63, 3.8) is 0 Å². The van der Waals surface area contributed by atoms with Crippen LogP contribution in [0.5, 0.6) is 0 Å². The molecule has 0 aliphatic carbocycles. The lowest BCUT2D eigenvalue weighted by atomic mass is 10.1. The highest BCUT2D eigenvalue weighted by Crippen LogP contribution is 2.22. The van der Waals surface area contributed by atoms with Crippen LogP contribution in [0, 0.1) is 0 Å². The summed E-state index contributed by atoms with van der Waals surface area (Å²) >= 11 is 0. The molecule has 2 heterocycles. The van der Waals surface area contributed by atoms with E-state index in [4.69, 9.17) is 4.74 Å². The number of rotatable bonds is 2. The first-order chi connectivity index (χ1) is 7.27. The summed E-state index contributed by atoms with van der Waals surface area (Å²) in [4.78, 5) is 1.86. The summed E-state index contributed by atoms with van der Waals surface area (Å²) < 4.78 is 30.5. The van der Waals surface area contributed by atoms with Gasteiger partial charge in [-0.05, 0) is 25.3 Å². The molecular formula is C11H15F2NO. The highest BCUT2D eigenvalue weighted by atomic mass is 19.3. The van der Waals surface area contributed by atoms with Crippen LogP contribution in [0.2, 0.25) is 0 Å². The quantitative estimate of drug-likeness (QED) is 0.701. The minimum absolute atomic E-state index is 0.0163. The van der Waals surface area contributed by atoms with Gasteiger partial charge in [0.05, 0.1) is 0 Å². The molecular weight excluding hydrogens is 200 g/mol. The average molecular weight is 215 g/mol. The molecule has 0 N–H and O–H groups in total. The Bertz CT molecular complexity index is 270. The zero-order valence-electron chi connectivity index (χ0n) is 8.53. The van der Waals surface area contributed by atoms with Gasteiger partial charge in [-0.15, -0.1) is 0 Å². The topological polar surface area (TPSA) is 12.5 Å². The lowest BCUT2D eigenvalue weighted by Crippen LogP contribution is -2.38. The Morgan fingerprint density at radius 3 is 2.93 bits per heavy atom. The van der Waals surface area contributed by atoms with E-state index in [0.29, 0.717) is 6.54 Å². The van der Waals surface area contributed by atoms with Crippen LogP contribution in [0.1, 0.15) is 19.3 Å². The highest BCUT2D eigenvalue weighted by Gasteiger charge is 2.23. The molecule has 0 aromatic heterocycles. The van der Waals surface area contributed by atoms with Crippen molar-refractivity contribution in [3.05, 3.63) is 23.9 Å². The molecule has 15 heavy (non-hydrogen) atoms. The molecule has 0 spiro atoms. The predicted octanol–water partition coefficient (Wildman–Crippen LogP) is 2.53. The summed E-state index contributed by atoms with van der Waals surface area (Å²) in [6.07, 6.45) is 5.74. The van der Waals surface area contributed by atoms with Gasteiger partial charge in [-0.2, -0.15) is 0 Å². The van der Waals surface area contributed by atoms with Crippen LogP contribution < -0.4 is 0 Å². The van der Waals surface area contributed by atoms with Crippen molar-refractivity contribution < 1.29 is 13.5 Å². The van der Waals surface area contributed by atoms with Gasteiger partial charge < -0.3 is 9.64 Å². The number of allylic oxidation sites excluding steroid dienone is 2. The number of halogens is 2. The number of hydrogen-bond acceptors (Lipinski definition) is 2.